The van der Waals surface area contributed by atoms with Crippen molar-refractivity contribution in [2.75, 3.05) is 31.3 Å². The maximum Gasteiger partial charge on any atom is 0.208 e. The number of rotatable bonds is 7. The molecule has 160 valence electrons. The van der Waals surface area contributed by atoms with Gasteiger partial charge in [0.15, 0.2) is 5.75 Å². The SMILES string of the molecule is COc1c(-c2nnn(C)n2)ccc(Nc2cccc(C3CC3)n2)c1NC1=CNN(C)C1. The summed E-state index contributed by atoms with van der Waals surface area (Å²) in [5, 5.41) is 21.4. The van der Waals surface area contributed by atoms with Crippen LogP contribution in [-0.4, -0.2) is 50.9 Å². The van der Waals surface area contributed by atoms with Gasteiger partial charge in [-0.15, -0.1) is 10.2 Å². The number of hydrogen-bond donors (Lipinski definition) is 3. The van der Waals surface area contributed by atoms with Crippen molar-refractivity contribution in [3.8, 4) is 17.1 Å². The normalized spacial score (nSPS) is 16.0. The molecule has 1 aliphatic heterocycles. The standard InChI is InChI=1S/C21H25N9O/c1-29-12-14(11-22-29)23-19-17(25-18-6-4-5-16(24-18)13-7-8-13)10-9-15(20(19)31-3)21-26-28-30(2)27-21/h4-6,9-11,13,22-23H,7-8,12H2,1-3H3,(H,24,25). The van der Waals surface area contributed by atoms with Crippen molar-refractivity contribution in [3.05, 3.63) is 47.9 Å². The molecule has 10 nitrogen and oxygen atoms in total. The molecule has 31 heavy (non-hydrogen) atoms. The van der Waals surface area contributed by atoms with Gasteiger partial charge < -0.3 is 20.8 Å². The Balaban J connectivity index is 1.55. The van der Waals surface area contributed by atoms with Crippen molar-refractivity contribution in [1.82, 2.24) is 35.6 Å². The molecule has 0 radical (unpaired) electrons. The molecule has 10 heteroatoms. The maximum absolute atomic E-state index is 5.83. The maximum atomic E-state index is 5.83. The van der Waals surface area contributed by atoms with E-state index in [1.54, 1.807) is 14.2 Å². The summed E-state index contributed by atoms with van der Waals surface area (Å²) in [6, 6.07) is 10.0. The van der Waals surface area contributed by atoms with Crippen LogP contribution in [0.3, 0.4) is 0 Å². The molecule has 3 aromatic rings. The number of benzene rings is 1. The summed E-state index contributed by atoms with van der Waals surface area (Å²) < 4.78 is 5.83. The highest BCUT2D eigenvalue weighted by atomic mass is 16.5. The molecule has 0 spiro atoms. The number of hydrazine groups is 1. The number of nitrogens with zero attached hydrogens (tertiary/aromatic N) is 6. The van der Waals surface area contributed by atoms with E-state index in [0.29, 0.717) is 17.5 Å². The van der Waals surface area contributed by atoms with E-state index in [-0.39, 0.29) is 0 Å². The van der Waals surface area contributed by atoms with Crippen LogP contribution in [0.4, 0.5) is 17.2 Å². The number of likely N-dealkylation sites (N-methyl/N-ethyl adjacent to an activating group) is 1. The summed E-state index contributed by atoms with van der Waals surface area (Å²) in [5.74, 6) is 2.52. The predicted octanol–water partition coefficient (Wildman–Crippen LogP) is 2.61. The van der Waals surface area contributed by atoms with E-state index < -0.39 is 0 Å². The Morgan fingerprint density at radius 3 is 2.68 bits per heavy atom. The van der Waals surface area contributed by atoms with Crippen LogP contribution >= 0.6 is 0 Å². The van der Waals surface area contributed by atoms with Gasteiger partial charge in [-0.05, 0) is 42.3 Å². The van der Waals surface area contributed by atoms with Crippen molar-refractivity contribution >= 4 is 17.2 Å². The number of anilines is 3. The summed E-state index contributed by atoms with van der Waals surface area (Å²) in [7, 11) is 5.36. The Morgan fingerprint density at radius 1 is 1.13 bits per heavy atom. The van der Waals surface area contributed by atoms with Crippen molar-refractivity contribution in [1.29, 1.82) is 0 Å². The number of nitrogens with one attached hydrogen (secondary N) is 3. The third kappa shape index (κ3) is 4.02. The number of tetrazole rings is 1. The molecule has 3 heterocycles. The van der Waals surface area contributed by atoms with E-state index in [2.05, 4.69) is 37.5 Å². The molecule has 0 unspecified atom stereocenters. The van der Waals surface area contributed by atoms with Gasteiger partial charge in [0.1, 0.15) is 11.5 Å². The first-order valence-corrected chi connectivity index (χ1v) is 10.2. The topological polar surface area (TPSA) is 105 Å². The average Bonchev–Trinajstić information content (AvgIpc) is 3.41. The first-order valence-electron chi connectivity index (χ1n) is 10.2. The van der Waals surface area contributed by atoms with Crippen molar-refractivity contribution in [3.63, 3.8) is 0 Å². The highest BCUT2D eigenvalue weighted by Crippen LogP contribution is 2.43. The van der Waals surface area contributed by atoms with Crippen LogP contribution in [0.2, 0.25) is 0 Å². The first-order chi connectivity index (χ1) is 15.1. The van der Waals surface area contributed by atoms with Crippen LogP contribution in [-0.2, 0) is 7.05 Å². The molecule has 3 N–H and O–H groups in total. The number of methoxy groups -OCH3 is 1. The number of pyridine rings is 1. The lowest BCUT2D eigenvalue weighted by atomic mass is 10.1. The van der Waals surface area contributed by atoms with Crippen LogP contribution < -0.4 is 20.8 Å². The van der Waals surface area contributed by atoms with E-state index in [0.717, 1.165) is 40.7 Å². The summed E-state index contributed by atoms with van der Waals surface area (Å²) in [4.78, 5) is 6.23. The Morgan fingerprint density at radius 2 is 2.00 bits per heavy atom. The van der Waals surface area contributed by atoms with Gasteiger partial charge in [0.05, 0.1) is 32.0 Å². The number of hydrogen-bond acceptors (Lipinski definition) is 9. The highest BCUT2D eigenvalue weighted by Gasteiger charge is 2.25. The zero-order valence-electron chi connectivity index (χ0n) is 17.8. The summed E-state index contributed by atoms with van der Waals surface area (Å²) in [6.07, 6.45) is 4.36. The molecule has 0 bridgehead atoms. The molecule has 0 amide bonds. The second-order valence-corrected chi connectivity index (χ2v) is 7.80. The molecule has 1 aliphatic carbocycles. The molecular formula is C21H25N9O. The van der Waals surface area contributed by atoms with E-state index in [9.17, 15) is 0 Å². The fourth-order valence-corrected chi connectivity index (χ4v) is 3.63. The predicted molar refractivity (Wildman–Crippen MR) is 118 cm³/mol. The van der Waals surface area contributed by atoms with Gasteiger partial charge in [-0.1, -0.05) is 6.07 Å². The summed E-state index contributed by atoms with van der Waals surface area (Å²) in [5.41, 5.74) is 7.70. The van der Waals surface area contributed by atoms with Gasteiger partial charge in [-0.2, -0.15) is 4.80 Å². The second-order valence-electron chi connectivity index (χ2n) is 7.80. The number of aryl methyl sites for hydroxylation is 1. The van der Waals surface area contributed by atoms with Crippen LogP contribution in [0.1, 0.15) is 24.5 Å². The first kappa shape index (κ1) is 19.3. The minimum atomic E-state index is 0.499. The van der Waals surface area contributed by atoms with Crippen molar-refractivity contribution in [2.45, 2.75) is 18.8 Å². The molecule has 0 saturated heterocycles. The molecule has 5 rings (SSSR count). The lowest BCUT2D eigenvalue weighted by Crippen LogP contribution is -2.25. The molecule has 0 atom stereocenters. The third-order valence-corrected chi connectivity index (χ3v) is 5.29. The third-order valence-electron chi connectivity index (χ3n) is 5.29. The van der Waals surface area contributed by atoms with Gasteiger partial charge in [0.25, 0.3) is 0 Å². The van der Waals surface area contributed by atoms with Crippen molar-refractivity contribution < 1.29 is 4.74 Å². The van der Waals surface area contributed by atoms with E-state index in [1.165, 1.54) is 17.6 Å². The average molecular weight is 419 g/mol. The molecule has 2 aliphatic rings. The van der Waals surface area contributed by atoms with Crippen molar-refractivity contribution in [2.24, 2.45) is 7.05 Å². The minimum Gasteiger partial charge on any atom is -0.494 e. The Kier molecular flexibility index (Phi) is 4.91. The summed E-state index contributed by atoms with van der Waals surface area (Å²) in [6.45, 7) is 0.728. The zero-order chi connectivity index (χ0) is 21.4. The Labute approximate surface area is 180 Å². The number of ether oxygens (including phenoxy) is 1. The lowest BCUT2D eigenvalue weighted by Gasteiger charge is -2.19. The van der Waals surface area contributed by atoms with E-state index >= 15 is 0 Å². The van der Waals surface area contributed by atoms with Crippen LogP contribution in [0.15, 0.2) is 42.2 Å². The Bertz CT molecular complexity index is 1140. The quantitative estimate of drug-likeness (QED) is 0.533. The smallest absolute Gasteiger partial charge is 0.208 e. The zero-order valence-corrected chi connectivity index (χ0v) is 17.8. The fourth-order valence-electron chi connectivity index (χ4n) is 3.63. The molecule has 1 aromatic carbocycles. The van der Waals surface area contributed by atoms with Crippen LogP contribution in [0.25, 0.3) is 11.4 Å². The van der Waals surface area contributed by atoms with Gasteiger partial charge in [-0.3, -0.25) is 0 Å². The van der Waals surface area contributed by atoms with Crippen LogP contribution in [0.5, 0.6) is 5.75 Å². The van der Waals surface area contributed by atoms with E-state index in [4.69, 9.17) is 9.72 Å². The van der Waals surface area contributed by atoms with Crippen LogP contribution in [0, 0.1) is 0 Å². The fraction of sp³-hybridized carbons (Fsp3) is 0.333. The van der Waals surface area contributed by atoms with Gasteiger partial charge in [-0.25, -0.2) is 9.99 Å². The Hall–Kier alpha value is -3.66. The second kappa shape index (κ2) is 7.88. The molecular weight excluding hydrogens is 394 g/mol. The van der Waals surface area contributed by atoms with Gasteiger partial charge in [0.2, 0.25) is 5.82 Å². The lowest BCUT2D eigenvalue weighted by molar-refractivity contribution is 0.329. The van der Waals surface area contributed by atoms with E-state index in [1.807, 2.05) is 42.5 Å². The highest BCUT2D eigenvalue weighted by molar-refractivity contribution is 5.87. The minimum absolute atomic E-state index is 0.499. The van der Waals surface area contributed by atoms with Gasteiger partial charge >= 0.3 is 0 Å². The summed E-state index contributed by atoms with van der Waals surface area (Å²) >= 11 is 0. The molecule has 1 saturated carbocycles. The molecule has 2 aromatic heterocycles. The molecule has 1 fully saturated rings. The number of aromatic nitrogens is 5. The van der Waals surface area contributed by atoms with Gasteiger partial charge in [0, 0.05) is 30.6 Å². The largest absolute Gasteiger partial charge is 0.494 e. The monoisotopic (exact) mass is 419 g/mol.